The van der Waals surface area contributed by atoms with Crippen molar-refractivity contribution in [2.24, 2.45) is 0 Å². The fraction of sp³-hybridized carbons (Fsp3) is 0.0714. The second-order valence-corrected chi connectivity index (χ2v) is 7.08. The molecule has 0 N–H and O–H groups in total. The summed E-state index contributed by atoms with van der Waals surface area (Å²) in [7, 11) is 0. The molecule has 200 valence electrons. The number of benzene rings is 3. The molecule has 0 unspecified atom stereocenters. The number of carbonyl (C=O) groups is 4. The molecule has 0 atom stereocenters. The average molecular weight is 701 g/mol. The number of hydrogen-bond donors (Lipinski definition) is 0. The van der Waals surface area contributed by atoms with E-state index >= 15 is 0 Å². The third kappa shape index (κ3) is 9.94. The Morgan fingerprint density at radius 2 is 1.08 bits per heavy atom. The molecule has 0 aromatic heterocycles. The van der Waals surface area contributed by atoms with Crippen molar-refractivity contribution in [2.75, 3.05) is 13.6 Å². The molecule has 3 rings (SSSR count). The summed E-state index contributed by atoms with van der Waals surface area (Å²) in [6, 6.07) is 18.9. The van der Waals surface area contributed by atoms with Crippen molar-refractivity contribution < 1.29 is 68.7 Å². The summed E-state index contributed by atoms with van der Waals surface area (Å²) in [4.78, 5) is 46.7. The van der Waals surface area contributed by atoms with Crippen molar-refractivity contribution in [3.05, 3.63) is 109 Å². The first-order valence-electron chi connectivity index (χ1n) is 10.9. The standard InChI is InChI=1S/C28H21O10.W/c1-3-25(29)35-17-33-21-9-5-19(6-10-21)27(31)37-23-13-15-24(16-14-23)38-28(32)20-7-11-22(12-8-20)34-18-36-26(30)4-2;/h3-15H,1-2,17-18H2;/q-1;. The molecule has 0 aliphatic carbocycles. The van der Waals surface area contributed by atoms with Gasteiger partial charge in [0.25, 0.3) is 0 Å². The molecule has 0 bridgehead atoms. The van der Waals surface area contributed by atoms with Crippen LogP contribution in [0.4, 0.5) is 0 Å². The van der Waals surface area contributed by atoms with Crippen LogP contribution in [0.3, 0.4) is 0 Å². The minimum absolute atomic E-state index is 0. The molecule has 0 radical (unpaired) electrons. The first-order chi connectivity index (χ1) is 18.4. The Kier molecular flexibility index (Phi) is 12.2. The van der Waals surface area contributed by atoms with E-state index in [0.717, 1.165) is 12.2 Å². The first kappa shape index (κ1) is 30.5. The van der Waals surface area contributed by atoms with E-state index in [4.69, 9.17) is 28.4 Å². The van der Waals surface area contributed by atoms with Gasteiger partial charge in [0.05, 0.1) is 11.1 Å². The Morgan fingerprint density at radius 3 is 1.49 bits per heavy atom. The van der Waals surface area contributed by atoms with E-state index in [1.54, 1.807) is 0 Å². The molecule has 10 nitrogen and oxygen atoms in total. The second-order valence-electron chi connectivity index (χ2n) is 7.08. The summed E-state index contributed by atoms with van der Waals surface area (Å²) in [6.07, 6.45) is 2.03. The van der Waals surface area contributed by atoms with E-state index in [1.165, 1.54) is 66.7 Å². The Morgan fingerprint density at radius 1 is 0.641 bits per heavy atom. The number of carbonyl (C=O) groups excluding carboxylic acids is 4. The quantitative estimate of drug-likeness (QED) is 0.0899. The topological polar surface area (TPSA) is 124 Å². The van der Waals surface area contributed by atoms with Gasteiger partial charge in [-0.15, -0.1) is 24.3 Å². The Bertz CT molecular complexity index is 1200. The number of ether oxygens (including phenoxy) is 6. The number of rotatable bonds is 12. The SMILES string of the molecule is C=CC(=O)OCOc1ccc(C(=O)Oc2[c-]cc(OC(=O)c3ccc(OCOC(=O)C=C)cc3)cc2)cc1.[W]. The number of hydrogen-bond acceptors (Lipinski definition) is 10. The summed E-state index contributed by atoms with van der Waals surface area (Å²) in [5.41, 5.74) is 0.498. The molecule has 3 aromatic carbocycles. The van der Waals surface area contributed by atoms with Crippen LogP contribution in [0, 0.1) is 6.07 Å². The Hall–Kier alpha value is -4.69. The van der Waals surface area contributed by atoms with Gasteiger partial charge < -0.3 is 28.4 Å². The van der Waals surface area contributed by atoms with Crippen LogP contribution in [0.5, 0.6) is 23.0 Å². The zero-order valence-corrected chi connectivity index (χ0v) is 23.3. The molecule has 0 amide bonds. The molecule has 0 fully saturated rings. The minimum Gasteiger partial charge on any atom is -0.487 e. The Labute approximate surface area is 238 Å². The normalized spacial score (nSPS) is 9.64. The number of esters is 4. The minimum atomic E-state index is -0.641. The van der Waals surface area contributed by atoms with Crippen molar-refractivity contribution in [1.82, 2.24) is 0 Å². The molecular weight excluding hydrogens is 680 g/mol. The average Bonchev–Trinajstić information content (AvgIpc) is 2.94. The van der Waals surface area contributed by atoms with Gasteiger partial charge in [-0.3, -0.25) is 0 Å². The maximum Gasteiger partial charge on any atom is 0.341 e. The summed E-state index contributed by atoms with van der Waals surface area (Å²) < 4.78 is 30.4. The predicted octanol–water partition coefficient (Wildman–Crippen LogP) is 4.05. The van der Waals surface area contributed by atoms with Gasteiger partial charge in [-0.05, 0) is 48.5 Å². The zero-order chi connectivity index (χ0) is 27.3. The second kappa shape index (κ2) is 15.5. The molecule has 39 heavy (non-hydrogen) atoms. The van der Waals surface area contributed by atoms with Gasteiger partial charge in [0.2, 0.25) is 13.6 Å². The van der Waals surface area contributed by atoms with Gasteiger partial charge in [0.1, 0.15) is 11.5 Å². The Balaban J connectivity index is 0.00000533. The molecule has 0 spiro atoms. The van der Waals surface area contributed by atoms with E-state index in [1.807, 2.05) is 0 Å². The van der Waals surface area contributed by atoms with E-state index in [0.29, 0.717) is 11.5 Å². The van der Waals surface area contributed by atoms with E-state index in [9.17, 15) is 19.2 Å². The van der Waals surface area contributed by atoms with Crippen LogP contribution in [-0.2, 0) is 40.1 Å². The smallest absolute Gasteiger partial charge is 0.341 e. The van der Waals surface area contributed by atoms with E-state index in [-0.39, 0.29) is 57.3 Å². The van der Waals surface area contributed by atoms with Gasteiger partial charge >= 0.3 is 23.9 Å². The van der Waals surface area contributed by atoms with Crippen molar-refractivity contribution in [1.29, 1.82) is 0 Å². The van der Waals surface area contributed by atoms with Crippen molar-refractivity contribution in [3.63, 3.8) is 0 Å². The van der Waals surface area contributed by atoms with Crippen LogP contribution in [0.1, 0.15) is 20.7 Å². The fourth-order valence-corrected chi connectivity index (χ4v) is 2.65. The van der Waals surface area contributed by atoms with Crippen molar-refractivity contribution >= 4 is 23.9 Å². The summed E-state index contributed by atoms with van der Waals surface area (Å²) in [5.74, 6) is -1.44. The molecule has 0 aliphatic rings. The van der Waals surface area contributed by atoms with Crippen LogP contribution in [-0.4, -0.2) is 37.5 Å². The van der Waals surface area contributed by atoms with Crippen LogP contribution in [0.15, 0.2) is 92.0 Å². The summed E-state index contributed by atoms with van der Waals surface area (Å²) in [5, 5.41) is 0. The molecule has 0 saturated heterocycles. The van der Waals surface area contributed by atoms with E-state index in [2.05, 4.69) is 19.2 Å². The van der Waals surface area contributed by atoms with Crippen LogP contribution < -0.4 is 18.9 Å². The fourth-order valence-electron chi connectivity index (χ4n) is 2.65. The molecule has 11 heteroatoms. The predicted molar refractivity (Wildman–Crippen MR) is 132 cm³/mol. The van der Waals surface area contributed by atoms with Gasteiger partial charge in [-0.1, -0.05) is 13.2 Å². The van der Waals surface area contributed by atoms with Gasteiger partial charge in [0.15, 0.2) is 0 Å². The maximum absolute atomic E-state index is 12.4. The third-order valence-corrected chi connectivity index (χ3v) is 4.54. The molecule has 0 aliphatic heterocycles. The van der Waals surface area contributed by atoms with Crippen LogP contribution >= 0.6 is 0 Å². The molecule has 0 heterocycles. The first-order valence-corrected chi connectivity index (χ1v) is 10.9. The monoisotopic (exact) mass is 701 g/mol. The molecule has 3 aromatic rings. The zero-order valence-electron chi connectivity index (χ0n) is 20.3. The van der Waals surface area contributed by atoms with Crippen molar-refractivity contribution in [3.8, 4) is 23.0 Å². The third-order valence-electron chi connectivity index (χ3n) is 4.54. The summed E-state index contributed by atoms with van der Waals surface area (Å²) in [6.45, 7) is 5.96. The van der Waals surface area contributed by atoms with E-state index < -0.39 is 23.9 Å². The van der Waals surface area contributed by atoms with Crippen LogP contribution in [0.2, 0.25) is 0 Å². The van der Waals surface area contributed by atoms with Gasteiger partial charge in [0, 0.05) is 44.7 Å². The van der Waals surface area contributed by atoms with Gasteiger partial charge in [-0.25, -0.2) is 19.2 Å². The van der Waals surface area contributed by atoms with Crippen LogP contribution in [0.25, 0.3) is 0 Å². The summed E-state index contributed by atoms with van der Waals surface area (Å²) >= 11 is 0. The molecule has 0 saturated carbocycles. The largest absolute Gasteiger partial charge is 0.487 e. The molecular formula is C28H21O10W-. The maximum atomic E-state index is 12.4. The van der Waals surface area contributed by atoms with Crippen molar-refractivity contribution in [2.45, 2.75) is 0 Å². The van der Waals surface area contributed by atoms with Gasteiger partial charge in [-0.2, -0.15) is 0 Å².